The number of halogens is 1. The molecule has 0 unspecified atom stereocenters. The summed E-state index contributed by atoms with van der Waals surface area (Å²) < 4.78 is 24.3. The SMILES string of the molecule is C.CCCC1CCC(C2CCC(CBr)CC2)CC1.CCCC1CCC(C2CCC(CCc3cc(C(C)(C)C)c(O)c(C(C)(C)C)c3)CC2)CC1.CCCC1CCC(C2CCC(CCc3cc(C(C)(C)C)c(OC)c(C(C)(C)C)c3)CC2)CC1.COc1c(C(C)(C)C)cc(CB2OC(C)(C)C(C)(C)O2)cc1C(C)(C)C. The molecule has 10 rings (SSSR count). The number of phenols is 1. The molecule has 6 saturated carbocycles. The van der Waals surface area contributed by atoms with E-state index in [9.17, 15) is 5.11 Å². The Hall–Kier alpha value is -2.48. The lowest BCUT2D eigenvalue weighted by molar-refractivity contribution is 0.00578. The molecule has 5 nitrogen and oxygen atoms in total. The number of hydrogen-bond acceptors (Lipinski definition) is 5. The molecule has 624 valence electrons. The van der Waals surface area contributed by atoms with Crippen LogP contribution < -0.4 is 9.47 Å². The lowest BCUT2D eigenvalue weighted by Gasteiger charge is -2.38. The molecular weight excluding hydrogens is 1400 g/mol. The van der Waals surface area contributed by atoms with E-state index in [1.807, 2.05) is 7.11 Å². The van der Waals surface area contributed by atoms with Crippen LogP contribution in [-0.2, 0) is 61.0 Å². The first-order chi connectivity index (χ1) is 50.4. The van der Waals surface area contributed by atoms with Gasteiger partial charge in [-0.3, -0.25) is 0 Å². The van der Waals surface area contributed by atoms with Gasteiger partial charge in [0, 0.05) is 33.9 Å². The van der Waals surface area contributed by atoms with Crippen molar-refractivity contribution in [3.05, 3.63) is 86.5 Å². The zero-order valence-electron chi connectivity index (χ0n) is 75.9. The molecule has 1 N–H and O–H groups in total. The molecule has 1 heterocycles. The molecule has 6 aliphatic carbocycles. The number of alkyl halides is 1. The fraction of sp³-hybridized carbons (Fsp3) is 0.824. The summed E-state index contributed by atoms with van der Waals surface area (Å²) in [5.41, 5.74) is 11.1. The zero-order valence-corrected chi connectivity index (χ0v) is 77.5. The van der Waals surface area contributed by atoms with Gasteiger partial charge in [0.05, 0.1) is 25.4 Å². The number of aromatic hydroxyl groups is 1. The molecule has 7 aliphatic rings. The van der Waals surface area contributed by atoms with E-state index in [2.05, 4.69) is 225 Å². The second kappa shape index (κ2) is 41.6. The van der Waals surface area contributed by atoms with Crippen molar-refractivity contribution in [2.75, 3.05) is 19.5 Å². The van der Waals surface area contributed by atoms with E-state index in [0.717, 1.165) is 106 Å². The number of ether oxygens (including phenoxy) is 2. The molecule has 1 saturated heterocycles. The van der Waals surface area contributed by atoms with E-state index in [0.29, 0.717) is 5.75 Å². The van der Waals surface area contributed by atoms with E-state index in [-0.39, 0.29) is 58.2 Å². The average Bonchev–Trinajstić information content (AvgIpc) is 1.75. The molecule has 0 aromatic heterocycles. The van der Waals surface area contributed by atoms with Gasteiger partial charge < -0.3 is 23.9 Å². The molecule has 7 heteroatoms. The van der Waals surface area contributed by atoms with Crippen LogP contribution in [0.1, 0.15) is 436 Å². The molecule has 7 fully saturated rings. The second-order valence-electron chi connectivity index (χ2n) is 44.2. The first kappa shape index (κ1) is 95.4. The molecule has 1 aliphatic heterocycles. The Morgan fingerprint density at radius 3 is 0.771 bits per heavy atom. The standard InChI is InChI=1S/C32H54O.C31H52O.C22H37BO3.C16H29Br.CH4/c1-9-10-23-13-17-26(18-14-23)27-19-15-24(16-20-27)11-12-25-21-28(31(2,3)4)30(33-8)29(22-25)32(5,6)7;1-8-9-22-12-16-25(17-13-22)26-18-14-23(15-19-26)10-11-24-20-27(30(2,3)4)29(32)28(21-24)31(5,6)7;1-19(2,3)16-12-15(13-17(18(16)24-11)20(4,5)6)14-23-25-21(7,8)22(9,10)26-23;1-2-3-13-4-8-15(9-5-13)16-10-6-14(12-17)7-11-16;/h21-24,26-27H,9-20H2,1-8H3;20-23,25-26,32H,8-19H2,1-7H3;12-13H,14H2,1-11H3;13-16H,2-12H2,1H3;1H4. The fourth-order valence-electron chi connectivity index (χ4n) is 21.1. The highest BCUT2D eigenvalue weighted by Crippen LogP contribution is 2.50. The van der Waals surface area contributed by atoms with E-state index in [4.69, 9.17) is 18.8 Å². The van der Waals surface area contributed by atoms with Crippen LogP contribution in [0.4, 0.5) is 0 Å². The van der Waals surface area contributed by atoms with Gasteiger partial charge in [-0.15, -0.1) is 0 Å². The Kier molecular flexibility index (Phi) is 36.4. The van der Waals surface area contributed by atoms with Crippen molar-refractivity contribution in [3.8, 4) is 17.2 Å². The molecule has 0 spiro atoms. The Morgan fingerprint density at radius 2 is 0.560 bits per heavy atom. The number of methoxy groups -OCH3 is 2. The lowest BCUT2D eigenvalue weighted by Crippen LogP contribution is -2.41. The van der Waals surface area contributed by atoms with Crippen LogP contribution in [0.15, 0.2) is 36.4 Å². The quantitative estimate of drug-likeness (QED) is 0.0902. The van der Waals surface area contributed by atoms with Crippen LogP contribution in [0.3, 0.4) is 0 Å². The average molecular weight is 1570 g/mol. The Labute approximate surface area is 685 Å². The number of benzene rings is 3. The van der Waals surface area contributed by atoms with Gasteiger partial charge in [0.15, 0.2) is 0 Å². The summed E-state index contributed by atoms with van der Waals surface area (Å²) in [6, 6.07) is 14.0. The minimum Gasteiger partial charge on any atom is -0.507 e. The number of aryl methyl sites for hydroxylation is 2. The van der Waals surface area contributed by atoms with Gasteiger partial charge in [0.25, 0.3) is 0 Å². The number of hydrogen-bond donors (Lipinski definition) is 1. The van der Waals surface area contributed by atoms with Crippen molar-refractivity contribution in [3.63, 3.8) is 0 Å². The van der Waals surface area contributed by atoms with Gasteiger partial charge in [0.2, 0.25) is 0 Å². The van der Waals surface area contributed by atoms with Crippen molar-refractivity contribution in [1.29, 1.82) is 0 Å². The summed E-state index contributed by atoms with van der Waals surface area (Å²) >= 11 is 3.65. The predicted octanol–water partition coefficient (Wildman–Crippen LogP) is 30.9. The van der Waals surface area contributed by atoms with Crippen molar-refractivity contribution < 1.29 is 23.9 Å². The third-order valence-corrected chi connectivity index (χ3v) is 29.7. The maximum atomic E-state index is 11.0. The van der Waals surface area contributed by atoms with Gasteiger partial charge in [-0.2, -0.15) is 0 Å². The van der Waals surface area contributed by atoms with Crippen LogP contribution in [0, 0.1) is 71.0 Å². The van der Waals surface area contributed by atoms with Crippen molar-refractivity contribution >= 4 is 23.0 Å². The first-order valence-corrected chi connectivity index (χ1v) is 46.8. The molecule has 3 aromatic rings. The Morgan fingerprint density at radius 1 is 0.349 bits per heavy atom. The van der Waals surface area contributed by atoms with Gasteiger partial charge in [-0.1, -0.05) is 308 Å². The van der Waals surface area contributed by atoms with Gasteiger partial charge in [-0.25, -0.2) is 0 Å². The Balaban J connectivity index is 0.000000232. The molecule has 0 radical (unpaired) electrons. The Bertz CT molecular complexity index is 3000. The highest BCUT2D eigenvalue weighted by atomic mass is 79.9. The summed E-state index contributed by atoms with van der Waals surface area (Å²) in [5, 5.41) is 12.2. The predicted molar refractivity (Wildman–Crippen MR) is 481 cm³/mol. The second-order valence-corrected chi connectivity index (χ2v) is 44.8. The molecule has 0 amide bonds. The minimum atomic E-state index is -0.302. The first-order valence-electron chi connectivity index (χ1n) is 45.6. The van der Waals surface area contributed by atoms with E-state index >= 15 is 0 Å². The van der Waals surface area contributed by atoms with Crippen LogP contribution in [0.25, 0.3) is 0 Å². The van der Waals surface area contributed by atoms with E-state index in [1.165, 1.54) is 243 Å². The third kappa shape index (κ3) is 27.8. The largest absolute Gasteiger partial charge is 0.507 e. The topological polar surface area (TPSA) is 57.2 Å². The smallest absolute Gasteiger partial charge is 0.462 e. The molecule has 0 bridgehead atoms. The lowest BCUT2D eigenvalue weighted by atomic mass is 9.68. The van der Waals surface area contributed by atoms with Crippen molar-refractivity contribution in [2.24, 2.45) is 71.0 Å². The summed E-state index contributed by atoms with van der Waals surface area (Å²) in [6.07, 6.45) is 50.4. The van der Waals surface area contributed by atoms with Crippen LogP contribution in [0.5, 0.6) is 17.2 Å². The zero-order chi connectivity index (χ0) is 80.0. The molecule has 109 heavy (non-hydrogen) atoms. The normalized spacial score (nSPS) is 27.0. The van der Waals surface area contributed by atoms with Gasteiger partial charge >= 0.3 is 7.12 Å². The number of rotatable bonds is 20. The summed E-state index contributed by atoms with van der Waals surface area (Å²) in [6.45, 7) is 56.0. The summed E-state index contributed by atoms with van der Waals surface area (Å²) in [7, 11) is 3.39. The maximum absolute atomic E-state index is 11.0. The van der Waals surface area contributed by atoms with E-state index in [1.54, 1.807) is 20.0 Å². The monoisotopic (exact) mass is 1570 g/mol. The van der Waals surface area contributed by atoms with Crippen molar-refractivity contribution in [1.82, 2.24) is 0 Å². The number of phenolic OH excluding ortho intramolecular Hbond substituents is 1. The maximum Gasteiger partial charge on any atom is 0.462 e. The van der Waals surface area contributed by atoms with Crippen molar-refractivity contribution in [2.45, 2.75) is 449 Å². The van der Waals surface area contributed by atoms with Crippen LogP contribution >= 0.6 is 15.9 Å². The highest BCUT2D eigenvalue weighted by molar-refractivity contribution is 9.09. The molecule has 3 aromatic carbocycles. The molecular formula is C102H176BBrO5. The van der Waals surface area contributed by atoms with E-state index < -0.39 is 0 Å². The summed E-state index contributed by atoms with van der Waals surface area (Å²) in [4.78, 5) is 0. The molecule has 0 atom stereocenters. The third-order valence-electron chi connectivity index (χ3n) is 28.8. The van der Waals surface area contributed by atoms with Gasteiger partial charge in [-0.05, 0) is 275 Å². The van der Waals surface area contributed by atoms with Crippen LogP contribution in [0.2, 0.25) is 0 Å². The summed E-state index contributed by atoms with van der Waals surface area (Å²) in [5.74, 6) is 14.9. The van der Waals surface area contributed by atoms with Crippen LogP contribution in [-0.4, -0.2) is 43.0 Å². The highest BCUT2D eigenvalue weighted by Gasteiger charge is 2.51. The van der Waals surface area contributed by atoms with Gasteiger partial charge in [0.1, 0.15) is 17.2 Å². The minimum absolute atomic E-state index is 0. The fourth-order valence-corrected chi connectivity index (χ4v) is 21.7.